The van der Waals surface area contributed by atoms with Crippen LogP contribution >= 0.6 is 0 Å². The van der Waals surface area contributed by atoms with E-state index in [1.165, 1.54) is 12.1 Å². The summed E-state index contributed by atoms with van der Waals surface area (Å²) in [4.78, 5) is 0. The quantitative estimate of drug-likeness (QED) is 0.896. The Labute approximate surface area is 109 Å². The van der Waals surface area contributed by atoms with Gasteiger partial charge >= 0.3 is 6.18 Å². The highest BCUT2D eigenvalue weighted by atomic mass is 19.4. The third-order valence-electron chi connectivity index (χ3n) is 2.94. The van der Waals surface area contributed by atoms with E-state index in [1.807, 2.05) is 30.3 Å². The van der Waals surface area contributed by atoms with Crippen molar-refractivity contribution in [3.63, 3.8) is 0 Å². The number of hydrogen-bond acceptors (Lipinski definition) is 1. The van der Waals surface area contributed by atoms with Gasteiger partial charge in [0.25, 0.3) is 0 Å². The summed E-state index contributed by atoms with van der Waals surface area (Å²) in [6.45, 7) is 0. The lowest BCUT2D eigenvalue weighted by Gasteiger charge is -2.16. The van der Waals surface area contributed by atoms with Crippen LogP contribution in [-0.2, 0) is 6.42 Å². The first-order valence-electron chi connectivity index (χ1n) is 5.92. The van der Waals surface area contributed by atoms with Crippen molar-refractivity contribution in [2.45, 2.75) is 18.6 Å². The van der Waals surface area contributed by atoms with Gasteiger partial charge < -0.3 is 5.73 Å². The highest BCUT2D eigenvalue weighted by molar-refractivity contribution is 5.30. The number of benzene rings is 2. The molecule has 0 aliphatic heterocycles. The van der Waals surface area contributed by atoms with Crippen LogP contribution in [0.25, 0.3) is 0 Å². The van der Waals surface area contributed by atoms with Crippen molar-refractivity contribution in [1.29, 1.82) is 0 Å². The molecule has 0 saturated heterocycles. The Morgan fingerprint density at radius 2 is 1.37 bits per heavy atom. The smallest absolute Gasteiger partial charge is 0.316 e. The predicted molar refractivity (Wildman–Crippen MR) is 68.7 cm³/mol. The lowest BCUT2D eigenvalue weighted by Crippen LogP contribution is -2.28. The monoisotopic (exact) mass is 265 g/mol. The van der Waals surface area contributed by atoms with Gasteiger partial charge in [-0.05, 0) is 23.1 Å². The fourth-order valence-corrected chi connectivity index (χ4v) is 1.86. The molecule has 1 atom stereocenters. The number of alkyl halides is 3. The van der Waals surface area contributed by atoms with Crippen LogP contribution in [0, 0.1) is 0 Å². The largest absolute Gasteiger partial charge is 0.407 e. The molecule has 0 amide bonds. The van der Waals surface area contributed by atoms with Gasteiger partial charge in [0.15, 0.2) is 0 Å². The van der Waals surface area contributed by atoms with E-state index < -0.39 is 12.2 Å². The number of halogens is 3. The summed E-state index contributed by atoms with van der Waals surface area (Å²) in [6.07, 6.45) is -3.71. The molecular formula is C15H14F3N. The van der Waals surface area contributed by atoms with Crippen LogP contribution in [0.4, 0.5) is 13.2 Å². The molecule has 0 unspecified atom stereocenters. The van der Waals surface area contributed by atoms with E-state index in [4.69, 9.17) is 5.73 Å². The number of nitrogens with two attached hydrogens (primary N) is 1. The van der Waals surface area contributed by atoms with Crippen molar-refractivity contribution in [3.05, 3.63) is 71.3 Å². The van der Waals surface area contributed by atoms with Gasteiger partial charge in [0.1, 0.15) is 6.04 Å². The second-order valence-corrected chi connectivity index (χ2v) is 4.42. The van der Waals surface area contributed by atoms with E-state index in [-0.39, 0.29) is 5.56 Å². The molecule has 0 aromatic heterocycles. The zero-order valence-electron chi connectivity index (χ0n) is 10.2. The van der Waals surface area contributed by atoms with Gasteiger partial charge in [-0.3, -0.25) is 0 Å². The van der Waals surface area contributed by atoms with E-state index in [9.17, 15) is 13.2 Å². The zero-order valence-corrected chi connectivity index (χ0v) is 10.2. The van der Waals surface area contributed by atoms with E-state index in [0.717, 1.165) is 11.1 Å². The molecule has 0 aliphatic rings. The molecule has 0 bridgehead atoms. The summed E-state index contributed by atoms with van der Waals surface area (Å²) in [7, 11) is 0. The third kappa shape index (κ3) is 3.58. The molecule has 19 heavy (non-hydrogen) atoms. The van der Waals surface area contributed by atoms with Crippen molar-refractivity contribution < 1.29 is 13.2 Å². The van der Waals surface area contributed by atoms with Crippen molar-refractivity contribution in [1.82, 2.24) is 0 Å². The molecular weight excluding hydrogens is 251 g/mol. The fraction of sp³-hybridized carbons (Fsp3) is 0.200. The first kappa shape index (κ1) is 13.6. The van der Waals surface area contributed by atoms with E-state index in [1.54, 1.807) is 12.1 Å². The van der Waals surface area contributed by atoms with Crippen molar-refractivity contribution >= 4 is 0 Å². The normalized spacial score (nSPS) is 13.3. The van der Waals surface area contributed by atoms with E-state index in [0.29, 0.717) is 6.42 Å². The molecule has 2 N–H and O–H groups in total. The highest BCUT2D eigenvalue weighted by Crippen LogP contribution is 2.30. The van der Waals surface area contributed by atoms with Crippen LogP contribution in [-0.4, -0.2) is 6.18 Å². The molecule has 1 nitrogen and oxygen atoms in total. The molecule has 4 heteroatoms. The molecule has 0 aliphatic carbocycles. The van der Waals surface area contributed by atoms with Crippen LogP contribution < -0.4 is 5.73 Å². The van der Waals surface area contributed by atoms with Crippen molar-refractivity contribution in [3.8, 4) is 0 Å². The molecule has 2 aromatic rings. The van der Waals surface area contributed by atoms with Gasteiger partial charge in [-0.15, -0.1) is 0 Å². The summed E-state index contributed by atoms with van der Waals surface area (Å²) in [5.41, 5.74) is 7.32. The Balaban J connectivity index is 2.11. The number of hydrogen-bond donors (Lipinski definition) is 1. The SMILES string of the molecule is N[C@H](c1ccc(Cc2ccccc2)cc1)C(F)(F)F. The van der Waals surface area contributed by atoms with Gasteiger partial charge in [-0.25, -0.2) is 0 Å². The molecule has 2 rings (SSSR count). The second kappa shape index (κ2) is 5.45. The van der Waals surface area contributed by atoms with Crippen molar-refractivity contribution in [2.24, 2.45) is 5.73 Å². The van der Waals surface area contributed by atoms with Gasteiger partial charge in [0, 0.05) is 0 Å². The molecule has 0 heterocycles. The molecule has 100 valence electrons. The van der Waals surface area contributed by atoms with Crippen LogP contribution in [0.2, 0.25) is 0 Å². The Morgan fingerprint density at radius 1 is 0.842 bits per heavy atom. The standard InChI is InChI=1S/C15H14F3N/c16-15(17,18)14(19)13-8-6-12(7-9-13)10-11-4-2-1-3-5-11/h1-9,14H,10,19H2/t14-/m1/s1. The summed E-state index contributed by atoms with van der Waals surface area (Å²) in [5, 5.41) is 0. The molecule has 0 saturated carbocycles. The average molecular weight is 265 g/mol. The molecule has 2 aromatic carbocycles. The lowest BCUT2D eigenvalue weighted by molar-refractivity contribution is -0.149. The Morgan fingerprint density at radius 3 is 1.89 bits per heavy atom. The minimum absolute atomic E-state index is 0.0873. The summed E-state index contributed by atoms with van der Waals surface area (Å²) in [5.74, 6) is 0. The summed E-state index contributed by atoms with van der Waals surface area (Å²) in [6, 6.07) is 14.1. The lowest BCUT2D eigenvalue weighted by atomic mass is 10.0. The van der Waals surface area contributed by atoms with Gasteiger partial charge in [-0.1, -0.05) is 54.6 Å². The summed E-state index contributed by atoms with van der Waals surface area (Å²) < 4.78 is 37.4. The maximum absolute atomic E-state index is 12.5. The zero-order chi connectivity index (χ0) is 13.9. The Hall–Kier alpha value is -1.81. The van der Waals surface area contributed by atoms with Crippen LogP contribution in [0.5, 0.6) is 0 Å². The maximum Gasteiger partial charge on any atom is 0.407 e. The van der Waals surface area contributed by atoms with E-state index in [2.05, 4.69) is 0 Å². The van der Waals surface area contributed by atoms with Gasteiger partial charge in [-0.2, -0.15) is 13.2 Å². The summed E-state index contributed by atoms with van der Waals surface area (Å²) >= 11 is 0. The first-order valence-corrected chi connectivity index (χ1v) is 5.92. The second-order valence-electron chi connectivity index (χ2n) is 4.42. The predicted octanol–water partition coefficient (Wildman–Crippen LogP) is 3.84. The fourth-order valence-electron chi connectivity index (χ4n) is 1.86. The molecule has 0 radical (unpaired) electrons. The highest BCUT2D eigenvalue weighted by Gasteiger charge is 2.37. The average Bonchev–Trinajstić information content (AvgIpc) is 2.39. The minimum Gasteiger partial charge on any atom is -0.316 e. The first-order chi connectivity index (χ1) is 8.97. The Bertz CT molecular complexity index is 517. The Kier molecular flexibility index (Phi) is 3.90. The topological polar surface area (TPSA) is 26.0 Å². The third-order valence-corrected chi connectivity index (χ3v) is 2.94. The van der Waals surface area contributed by atoms with Crippen LogP contribution in [0.3, 0.4) is 0 Å². The molecule has 0 spiro atoms. The van der Waals surface area contributed by atoms with Gasteiger partial charge in [0.05, 0.1) is 0 Å². The van der Waals surface area contributed by atoms with Crippen LogP contribution in [0.15, 0.2) is 54.6 Å². The molecule has 0 fully saturated rings. The van der Waals surface area contributed by atoms with Crippen LogP contribution in [0.1, 0.15) is 22.7 Å². The minimum atomic E-state index is -4.40. The van der Waals surface area contributed by atoms with Gasteiger partial charge in [0.2, 0.25) is 0 Å². The van der Waals surface area contributed by atoms with E-state index >= 15 is 0 Å². The maximum atomic E-state index is 12.5. The van der Waals surface area contributed by atoms with Crippen molar-refractivity contribution in [2.75, 3.05) is 0 Å². The number of rotatable bonds is 3.